The van der Waals surface area contributed by atoms with E-state index >= 15 is 0 Å². The molecule has 0 saturated heterocycles. The number of hydrogen-bond acceptors (Lipinski definition) is 3. The molecule has 4 fully saturated rings. The van der Waals surface area contributed by atoms with Crippen molar-refractivity contribution in [3.05, 3.63) is 23.8 Å². The molecule has 4 saturated carbocycles. The molecule has 5 aliphatic rings. The number of methoxy groups -OCH3 is 1. The molecule has 2 N–H and O–H groups in total. The highest BCUT2D eigenvalue weighted by atomic mass is 16.5. The summed E-state index contributed by atoms with van der Waals surface area (Å²) in [7, 11) is 1.68. The Balaban J connectivity index is 1.34. The number of benzene rings is 1. The van der Waals surface area contributed by atoms with Crippen molar-refractivity contribution in [1.82, 2.24) is 5.32 Å². The number of aryl methyl sites for hydroxylation is 1. The van der Waals surface area contributed by atoms with Crippen molar-refractivity contribution in [3.8, 4) is 5.75 Å². The van der Waals surface area contributed by atoms with Gasteiger partial charge in [0, 0.05) is 18.3 Å². The van der Waals surface area contributed by atoms with Crippen LogP contribution in [0.3, 0.4) is 0 Å². The van der Waals surface area contributed by atoms with Crippen LogP contribution in [0.25, 0.3) is 0 Å². The SMILES string of the molecule is COc1ccc2c(c1)CCCN2C(=O)NC1C2CC3CC1CC(O)(C3)C2. The summed E-state index contributed by atoms with van der Waals surface area (Å²) in [6, 6.07) is 6.24. The zero-order valence-corrected chi connectivity index (χ0v) is 15.4. The van der Waals surface area contributed by atoms with Gasteiger partial charge in [-0.05, 0) is 86.5 Å². The summed E-state index contributed by atoms with van der Waals surface area (Å²) in [4.78, 5) is 15.0. The van der Waals surface area contributed by atoms with Gasteiger partial charge in [-0.2, -0.15) is 0 Å². The lowest BCUT2D eigenvalue weighted by molar-refractivity contribution is -0.136. The third-order valence-corrected chi connectivity index (χ3v) is 7.18. The molecule has 1 aromatic carbocycles. The fourth-order valence-corrected chi connectivity index (χ4v) is 6.35. The fourth-order valence-electron chi connectivity index (χ4n) is 6.35. The minimum Gasteiger partial charge on any atom is -0.497 e. The summed E-state index contributed by atoms with van der Waals surface area (Å²) in [5, 5.41) is 14.1. The number of ether oxygens (including phenoxy) is 1. The summed E-state index contributed by atoms with van der Waals surface area (Å²) < 4.78 is 5.33. The van der Waals surface area contributed by atoms with Crippen molar-refractivity contribution in [2.75, 3.05) is 18.6 Å². The largest absolute Gasteiger partial charge is 0.497 e. The van der Waals surface area contributed by atoms with Gasteiger partial charge in [0.25, 0.3) is 0 Å². The number of urea groups is 1. The van der Waals surface area contributed by atoms with Crippen molar-refractivity contribution < 1.29 is 14.6 Å². The molecule has 2 amide bonds. The molecule has 1 aliphatic heterocycles. The Labute approximate surface area is 154 Å². The Morgan fingerprint density at radius 2 is 2.04 bits per heavy atom. The number of carbonyl (C=O) groups is 1. The van der Waals surface area contributed by atoms with Gasteiger partial charge in [-0.1, -0.05) is 0 Å². The third-order valence-electron chi connectivity index (χ3n) is 7.18. The van der Waals surface area contributed by atoms with Gasteiger partial charge in [0.1, 0.15) is 5.75 Å². The molecule has 6 rings (SSSR count). The van der Waals surface area contributed by atoms with Crippen molar-refractivity contribution >= 4 is 11.7 Å². The van der Waals surface area contributed by atoms with Crippen LogP contribution in [0.4, 0.5) is 10.5 Å². The van der Waals surface area contributed by atoms with Crippen LogP contribution in [0.5, 0.6) is 5.75 Å². The van der Waals surface area contributed by atoms with Crippen LogP contribution >= 0.6 is 0 Å². The van der Waals surface area contributed by atoms with E-state index in [1.54, 1.807) is 7.11 Å². The molecule has 4 aliphatic carbocycles. The normalized spacial score (nSPS) is 37.4. The molecule has 4 bridgehead atoms. The minimum atomic E-state index is -0.452. The molecular formula is C21H28N2O3. The highest BCUT2D eigenvalue weighted by Gasteiger charge is 2.55. The summed E-state index contributed by atoms with van der Waals surface area (Å²) in [5.74, 6) is 2.39. The van der Waals surface area contributed by atoms with E-state index in [4.69, 9.17) is 4.74 Å². The van der Waals surface area contributed by atoms with Gasteiger partial charge in [0.05, 0.1) is 12.7 Å². The second-order valence-corrected chi connectivity index (χ2v) is 8.92. The number of rotatable bonds is 2. The van der Waals surface area contributed by atoms with Crippen molar-refractivity contribution in [1.29, 1.82) is 0 Å². The topological polar surface area (TPSA) is 61.8 Å². The Kier molecular flexibility index (Phi) is 3.71. The molecule has 2 atom stereocenters. The first kappa shape index (κ1) is 16.4. The summed E-state index contributed by atoms with van der Waals surface area (Å²) in [6.45, 7) is 0.764. The third kappa shape index (κ3) is 2.59. The molecule has 2 unspecified atom stereocenters. The van der Waals surface area contributed by atoms with E-state index in [0.29, 0.717) is 17.8 Å². The maximum Gasteiger partial charge on any atom is 0.322 e. The maximum absolute atomic E-state index is 13.1. The molecule has 140 valence electrons. The number of hydrogen-bond donors (Lipinski definition) is 2. The minimum absolute atomic E-state index is 0.0283. The van der Waals surface area contributed by atoms with Gasteiger partial charge >= 0.3 is 6.03 Å². The molecular weight excluding hydrogens is 328 g/mol. The zero-order chi connectivity index (χ0) is 17.9. The zero-order valence-electron chi connectivity index (χ0n) is 15.4. The van der Waals surface area contributed by atoms with Gasteiger partial charge in [0.2, 0.25) is 0 Å². The average molecular weight is 356 g/mol. The van der Waals surface area contributed by atoms with E-state index in [-0.39, 0.29) is 12.1 Å². The quantitative estimate of drug-likeness (QED) is 0.856. The number of fused-ring (bicyclic) bond motifs is 1. The predicted molar refractivity (Wildman–Crippen MR) is 99.5 cm³/mol. The van der Waals surface area contributed by atoms with Crippen molar-refractivity contribution in [2.45, 2.75) is 56.6 Å². The Morgan fingerprint density at radius 3 is 2.73 bits per heavy atom. The van der Waals surface area contributed by atoms with Crippen LogP contribution < -0.4 is 15.0 Å². The van der Waals surface area contributed by atoms with Crippen LogP contribution in [-0.2, 0) is 6.42 Å². The van der Waals surface area contributed by atoms with Crippen LogP contribution in [0.1, 0.15) is 44.1 Å². The molecule has 5 nitrogen and oxygen atoms in total. The van der Waals surface area contributed by atoms with Gasteiger partial charge in [-0.3, -0.25) is 4.90 Å². The molecule has 5 heteroatoms. The van der Waals surface area contributed by atoms with Gasteiger partial charge in [0.15, 0.2) is 0 Å². The van der Waals surface area contributed by atoms with E-state index in [1.807, 2.05) is 23.1 Å². The van der Waals surface area contributed by atoms with Gasteiger partial charge < -0.3 is 15.2 Å². The number of aliphatic hydroxyl groups is 1. The molecule has 1 heterocycles. The summed E-state index contributed by atoms with van der Waals surface area (Å²) >= 11 is 0. The molecule has 0 radical (unpaired) electrons. The van der Waals surface area contributed by atoms with E-state index in [9.17, 15) is 9.90 Å². The van der Waals surface area contributed by atoms with Gasteiger partial charge in [-0.15, -0.1) is 0 Å². The lowest BCUT2D eigenvalue weighted by Gasteiger charge is -2.58. The van der Waals surface area contributed by atoms with E-state index in [2.05, 4.69) is 5.32 Å². The molecule has 1 aromatic rings. The van der Waals surface area contributed by atoms with E-state index in [0.717, 1.165) is 62.9 Å². The Hall–Kier alpha value is -1.75. The van der Waals surface area contributed by atoms with Crippen molar-refractivity contribution in [3.63, 3.8) is 0 Å². The first-order chi connectivity index (χ1) is 12.5. The Morgan fingerprint density at radius 1 is 1.27 bits per heavy atom. The van der Waals surface area contributed by atoms with E-state index in [1.165, 1.54) is 5.56 Å². The number of nitrogens with one attached hydrogen (secondary N) is 1. The maximum atomic E-state index is 13.1. The van der Waals surface area contributed by atoms with Crippen LogP contribution in [-0.4, -0.2) is 36.4 Å². The molecule has 0 spiro atoms. The smallest absolute Gasteiger partial charge is 0.322 e. The average Bonchev–Trinajstić information content (AvgIpc) is 2.62. The highest BCUT2D eigenvalue weighted by Crippen LogP contribution is 2.55. The number of nitrogens with zero attached hydrogens (tertiary/aromatic N) is 1. The first-order valence-corrected chi connectivity index (χ1v) is 10.0. The first-order valence-electron chi connectivity index (χ1n) is 10.0. The number of anilines is 1. The van der Waals surface area contributed by atoms with Crippen LogP contribution in [0.15, 0.2) is 18.2 Å². The van der Waals surface area contributed by atoms with Crippen molar-refractivity contribution in [2.24, 2.45) is 17.8 Å². The van der Waals surface area contributed by atoms with Gasteiger partial charge in [-0.25, -0.2) is 4.79 Å². The number of amides is 2. The lowest BCUT2D eigenvalue weighted by Crippen LogP contribution is -2.63. The number of carbonyl (C=O) groups excluding carboxylic acids is 1. The van der Waals surface area contributed by atoms with Crippen LogP contribution in [0, 0.1) is 17.8 Å². The molecule has 0 aromatic heterocycles. The predicted octanol–water partition coefficient (Wildman–Crippen LogP) is 3.10. The Bertz CT molecular complexity index is 718. The fraction of sp³-hybridized carbons (Fsp3) is 0.667. The molecule has 26 heavy (non-hydrogen) atoms. The van der Waals surface area contributed by atoms with E-state index < -0.39 is 5.60 Å². The highest BCUT2D eigenvalue weighted by molar-refractivity contribution is 5.93. The van der Waals surface area contributed by atoms with Crippen LogP contribution in [0.2, 0.25) is 0 Å². The standard InChI is InChI=1S/C21H28N2O3/c1-26-17-4-5-18-14(9-17)3-2-6-23(18)20(24)22-19-15-7-13-8-16(19)12-21(25,10-13)11-15/h4-5,9,13,15-16,19,25H,2-3,6-8,10-12H2,1H3,(H,22,24). The summed E-state index contributed by atoms with van der Waals surface area (Å²) in [5.41, 5.74) is 1.74. The second-order valence-electron chi connectivity index (χ2n) is 8.92. The summed E-state index contributed by atoms with van der Waals surface area (Å²) in [6.07, 6.45) is 6.99. The monoisotopic (exact) mass is 356 g/mol. The second kappa shape index (κ2) is 5.88. The lowest BCUT2D eigenvalue weighted by atomic mass is 9.52.